The number of hydrogen-bond acceptors (Lipinski definition) is 3. The van der Waals surface area contributed by atoms with E-state index in [4.69, 9.17) is 17.3 Å². The van der Waals surface area contributed by atoms with Crippen molar-refractivity contribution >= 4 is 33.9 Å². The fraction of sp³-hybridized carbons (Fsp3) is 0.100. The monoisotopic (exact) mass is 207 g/mol. The second kappa shape index (κ2) is 3.35. The van der Waals surface area contributed by atoms with Gasteiger partial charge in [0, 0.05) is 18.6 Å². The number of nitrogens with two attached hydrogens (primary N) is 1. The maximum Gasteiger partial charge on any atom is 0.123 e. The average molecular weight is 208 g/mol. The fourth-order valence-electron chi connectivity index (χ4n) is 1.37. The molecule has 0 amide bonds. The van der Waals surface area contributed by atoms with Crippen LogP contribution >= 0.6 is 11.6 Å². The summed E-state index contributed by atoms with van der Waals surface area (Å²) >= 11 is 6.03. The number of halogens is 1. The minimum Gasteiger partial charge on any atom is -0.387 e. The van der Waals surface area contributed by atoms with Gasteiger partial charge in [-0.2, -0.15) is 0 Å². The minimum atomic E-state index is 0.505. The zero-order valence-electron chi connectivity index (χ0n) is 7.71. The van der Waals surface area contributed by atoms with E-state index in [9.17, 15) is 0 Å². The lowest BCUT2D eigenvalue weighted by molar-refractivity contribution is 1.37. The normalized spacial score (nSPS) is 10.4. The zero-order valence-corrected chi connectivity index (χ0v) is 8.47. The number of nitrogen functional groups attached to an aromatic ring is 1. The highest BCUT2D eigenvalue weighted by atomic mass is 35.5. The van der Waals surface area contributed by atoms with Crippen LogP contribution in [-0.4, -0.2) is 12.0 Å². The molecule has 0 radical (unpaired) electrons. The predicted octanol–water partition coefficient (Wildman–Crippen LogP) is 2.51. The van der Waals surface area contributed by atoms with E-state index in [-0.39, 0.29) is 0 Å². The van der Waals surface area contributed by atoms with Crippen molar-refractivity contribution in [2.24, 2.45) is 0 Å². The molecule has 0 bridgehead atoms. The number of anilines is 2. The number of pyridine rings is 1. The highest BCUT2D eigenvalue weighted by Gasteiger charge is 2.01. The van der Waals surface area contributed by atoms with Crippen LogP contribution in [0.3, 0.4) is 0 Å². The van der Waals surface area contributed by atoms with Crippen molar-refractivity contribution in [1.29, 1.82) is 0 Å². The Hall–Kier alpha value is -1.48. The van der Waals surface area contributed by atoms with Crippen molar-refractivity contribution in [2.45, 2.75) is 0 Å². The first kappa shape index (κ1) is 9.09. The lowest BCUT2D eigenvalue weighted by Crippen LogP contribution is -1.92. The smallest absolute Gasteiger partial charge is 0.123 e. The molecule has 2 rings (SSSR count). The molecular formula is C10H10ClN3. The number of benzene rings is 1. The summed E-state index contributed by atoms with van der Waals surface area (Å²) in [6, 6.07) is 5.63. The molecule has 72 valence electrons. The van der Waals surface area contributed by atoms with Gasteiger partial charge in [-0.3, -0.25) is 0 Å². The summed E-state index contributed by atoms with van der Waals surface area (Å²) in [6.45, 7) is 0. The second-order valence-corrected chi connectivity index (χ2v) is 3.45. The van der Waals surface area contributed by atoms with Crippen LogP contribution in [-0.2, 0) is 0 Å². The average Bonchev–Trinajstić information content (AvgIpc) is 2.16. The van der Waals surface area contributed by atoms with Gasteiger partial charge in [0.25, 0.3) is 0 Å². The third kappa shape index (κ3) is 1.46. The van der Waals surface area contributed by atoms with Crippen molar-refractivity contribution < 1.29 is 0 Å². The Bertz CT molecular complexity index is 482. The molecule has 0 aliphatic rings. The van der Waals surface area contributed by atoms with E-state index in [2.05, 4.69) is 10.3 Å². The molecule has 0 fully saturated rings. The van der Waals surface area contributed by atoms with Gasteiger partial charge in [0.05, 0.1) is 10.7 Å². The molecule has 0 spiro atoms. The van der Waals surface area contributed by atoms with Crippen molar-refractivity contribution in [3.05, 3.63) is 29.4 Å². The standard InChI is InChI=1S/C10H10ClN3/c1-13-9-3-7-5-14-10(12)4-6(7)2-8(9)11/h2-5,13H,1H3,(H2,12,14). The van der Waals surface area contributed by atoms with Crippen LogP contribution in [0.5, 0.6) is 0 Å². The molecule has 0 saturated carbocycles. The maximum atomic E-state index is 6.03. The zero-order chi connectivity index (χ0) is 10.1. The Balaban J connectivity index is 2.73. The Kier molecular flexibility index (Phi) is 2.17. The van der Waals surface area contributed by atoms with Gasteiger partial charge in [0.15, 0.2) is 0 Å². The topological polar surface area (TPSA) is 50.9 Å². The Labute approximate surface area is 86.9 Å². The molecule has 0 saturated heterocycles. The lowest BCUT2D eigenvalue weighted by atomic mass is 10.1. The SMILES string of the molecule is CNc1cc2cnc(N)cc2cc1Cl. The van der Waals surface area contributed by atoms with E-state index < -0.39 is 0 Å². The molecule has 0 aliphatic heterocycles. The van der Waals surface area contributed by atoms with Crippen molar-refractivity contribution in [1.82, 2.24) is 4.98 Å². The van der Waals surface area contributed by atoms with E-state index in [1.807, 2.05) is 19.2 Å². The van der Waals surface area contributed by atoms with E-state index in [0.29, 0.717) is 10.8 Å². The van der Waals surface area contributed by atoms with E-state index in [1.165, 1.54) is 0 Å². The summed E-state index contributed by atoms with van der Waals surface area (Å²) in [7, 11) is 1.83. The van der Waals surface area contributed by atoms with Crippen LogP contribution < -0.4 is 11.1 Å². The molecule has 2 aromatic rings. The van der Waals surface area contributed by atoms with Crippen LogP contribution in [0.15, 0.2) is 24.4 Å². The molecular weight excluding hydrogens is 198 g/mol. The van der Waals surface area contributed by atoms with Crippen LogP contribution in [0.25, 0.3) is 10.8 Å². The van der Waals surface area contributed by atoms with E-state index >= 15 is 0 Å². The second-order valence-electron chi connectivity index (χ2n) is 3.04. The minimum absolute atomic E-state index is 0.505. The summed E-state index contributed by atoms with van der Waals surface area (Å²) < 4.78 is 0. The Morgan fingerprint density at radius 1 is 1.29 bits per heavy atom. The Morgan fingerprint density at radius 2 is 2.07 bits per heavy atom. The number of nitrogens with one attached hydrogen (secondary N) is 1. The highest BCUT2D eigenvalue weighted by Crippen LogP contribution is 2.27. The summed E-state index contributed by atoms with van der Waals surface area (Å²) in [4.78, 5) is 4.02. The maximum absolute atomic E-state index is 6.03. The first-order valence-corrected chi connectivity index (χ1v) is 4.61. The molecule has 1 aromatic heterocycles. The summed E-state index contributed by atoms with van der Waals surface area (Å²) in [5.41, 5.74) is 6.47. The van der Waals surface area contributed by atoms with Gasteiger partial charge in [-0.25, -0.2) is 4.98 Å². The Morgan fingerprint density at radius 3 is 2.79 bits per heavy atom. The number of hydrogen-bond donors (Lipinski definition) is 2. The van der Waals surface area contributed by atoms with E-state index in [0.717, 1.165) is 16.5 Å². The van der Waals surface area contributed by atoms with Crippen LogP contribution in [0.2, 0.25) is 5.02 Å². The van der Waals surface area contributed by atoms with Crippen LogP contribution in [0.4, 0.5) is 11.5 Å². The van der Waals surface area contributed by atoms with Gasteiger partial charge in [0.2, 0.25) is 0 Å². The van der Waals surface area contributed by atoms with Gasteiger partial charge in [0.1, 0.15) is 5.82 Å². The fourth-order valence-corrected chi connectivity index (χ4v) is 1.64. The van der Waals surface area contributed by atoms with E-state index in [1.54, 1.807) is 12.3 Å². The van der Waals surface area contributed by atoms with Crippen LogP contribution in [0.1, 0.15) is 0 Å². The molecule has 0 aliphatic carbocycles. The van der Waals surface area contributed by atoms with Crippen molar-refractivity contribution in [3.63, 3.8) is 0 Å². The largest absolute Gasteiger partial charge is 0.387 e. The summed E-state index contributed by atoms with van der Waals surface area (Å²) in [6.07, 6.45) is 1.74. The van der Waals surface area contributed by atoms with Gasteiger partial charge in [-0.05, 0) is 23.6 Å². The molecule has 14 heavy (non-hydrogen) atoms. The molecule has 4 heteroatoms. The van der Waals surface area contributed by atoms with Gasteiger partial charge >= 0.3 is 0 Å². The molecule has 0 unspecified atom stereocenters. The number of nitrogens with zero attached hydrogens (tertiary/aromatic N) is 1. The third-order valence-electron chi connectivity index (χ3n) is 2.10. The van der Waals surface area contributed by atoms with Gasteiger partial charge in [-0.15, -0.1) is 0 Å². The number of fused-ring (bicyclic) bond motifs is 1. The summed E-state index contributed by atoms with van der Waals surface area (Å²) in [5, 5.41) is 5.72. The molecule has 3 nitrogen and oxygen atoms in total. The molecule has 0 atom stereocenters. The first-order chi connectivity index (χ1) is 6.70. The molecule has 1 heterocycles. The predicted molar refractivity (Wildman–Crippen MR) is 60.7 cm³/mol. The van der Waals surface area contributed by atoms with Crippen LogP contribution in [0, 0.1) is 0 Å². The third-order valence-corrected chi connectivity index (χ3v) is 2.41. The quantitative estimate of drug-likeness (QED) is 0.756. The lowest BCUT2D eigenvalue weighted by Gasteiger charge is -2.05. The van der Waals surface area contributed by atoms with Crippen molar-refractivity contribution in [2.75, 3.05) is 18.1 Å². The highest BCUT2D eigenvalue weighted by molar-refractivity contribution is 6.34. The first-order valence-electron chi connectivity index (χ1n) is 4.23. The number of rotatable bonds is 1. The summed E-state index contributed by atoms with van der Waals surface area (Å²) in [5.74, 6) is 0.505. The van der Waals surface area contributed by atoms with Gasteiger partial charge in [-0.1, -0.05) is 11.6 Å². The van der Waals surface area contributed by atoms with Crippen molar-refractivity contribution in [3.8, 4) is 0 Å². The van der Waals surface area contributed by atoms with Gasteiger partial charge < -0.3 is 11.1 Å². The number of aromatic nitrogens is 1. The molecule has 3 N–H and O–H groups in total. The molecule has 1 aromatic carbocycles.